The number of likely N-dealkylation sites (tertiary alicyclic amines) is 1. The van der Waals surface area contributed by atoms with Gasteiger partial charge in [-0.3, -0.25) is 31.0 Å². The summed E-state index contributed by atoms with van der Waals surface area (Å²) in [5.41, 5.74) is 0. The quantitative estimate of drug-likeness (QED) is 0.148. The Morgan fingerprint density at radius 3 is 2.65 bits per heavy atom. The molecule has 0 aromatic rings. The third kappa shape index (κ3) is 8.85. The van der Waals surface area contributed by atoms with Crippen molar-refractivity contribution in [3.63, 3.8) is 0 Å². The van der Waals surface area contributed by atoms with Crippen molar-refractivity contribution in [2.45, 2.75) is 81.9 Å². The molecule has 0 aromatic heterocycles. The average molecular weight is 609 g/mol. The van der Waals surface area contributed by atoms with Crippen LogP contribution in [0.4, 0.5) is 0 Å². The van der Waals surface area contributed by atoms with Gasteiger partial charge in [-0.25, -0.2) is 0 Å². The number of fused-ring (bicyclic) bond motifs is 1. The van der Waals surface area contributed by atoms with Gasteiger partial charge in [-0.2, -0.15) is 0 Å². The van der Waals surface area contributed by atoms with Gasteiger partial charge in [-0.15, -0.1) is 0 Å². The number of piperidine rings is 1. The Kier molecular flexibility index (Phi) is 11.6. The van der Waals surface area contributed by atoms with Gasteiger partial charge in [-0.1, -0.05) is 6.92 Å². The Balaban J connectivity index is 0.922. The molecular formula is C30H56N8O5. The van der Waals surface area contributed by atoms with Gasteiger partial charge in [0.05, 0.1) is 63.1 Å². The second-order valence-corrected chi connectivity index (χ2v) is 13.6. The largest absolute Gasteiger partial charge is 0.390 e. The van der Waals surface area contributed by atoms with E-state index in [1.165, 1.54) is 6.42 Å². The normalized spacial score (nSPS) is 37.5. The van der Waals surface area contributed by atoms with Gasteiger partial charge in [-0.05, 0) is 50.6 Å². The van der Waals surface area contributed by atoms with Crippen LogP contribution in [0.3, 0.4) is 0 Å². The van der Waals surface area contributed by atoms with E-state index < -0.39 is 6.10 Å². The average Bonchev–Trinajstić information content (AvgIpc) is 3.54. The lowest BCUT2D eigenvalue weighted by atomic mass is 9.74. The Bertz CT molecular complexity index is 871. The molecule has 0 radical (unpaired) electrons. The Morgan fingerprint density at radius 2 is 1.91 bits per heavy atom. The minimum absolute atomic E-state index is 0.0277. The van der Waals surface area contributed by atoms with Crippen LogP contribution in [-0.2, 0) is 19.0 Å². The molecule has 6 fully saturated rings. The number of hydrogen-bond acceptors (Lipinski definition) is 12. The van der Waals surface area contributed by atoms with Crippen molar-refractivity contribution in [3.8, 4) is 0 Å². The van der Waals surface area contributed by atoms with Crippen molar-refractivity contribution < 1.29 is 24.1 Å². The highest BCUT2D eigenvalue weighted by Gasteiger charge is 2.38. The summed E-state index contributed by atoms with van der Waals surface area (Å²) in [5, 5.41) is 28.1. The smallest absolute Gasteiger partial charge is 0.237 e. The minimum atomic E-state index is -0.583. The molecule has 0 aromatic carbocycles. The van der Waals surface area contributed by atoms with Crippen LogP contribution in [0.1, 0.15) is 39.0 Å². The van der Waals surface area contributed by atoms with E-state index in [0.717, 1.165) is 71.6 Å². The van der Waals surface area contributed by atoms with Crippen molar-refractivity contribution in [3.05, 3.63) is 0 Å². The number of β-amino-alcohol motifs (C(OH)–C–C–N with tert-alkyl or cyclic N) is 1. The number of rotatable bonds is 12. The van der Waals surface area contributed by atoms with Crippen LogP contribution in [0.25, 0.3) is 0 Å². The topological polar surface area (TPSA) is 135 Å². The summed E-state index contributed by atoms with van der Waals surface area (Å²) in [6.45, 7) is 13.8. The van der Waals surface area contributed by atoms with E-state index in [2.05, 4.69) is 48.2 Å². The fourth-order valence-electron chi connectivity index (χ4n) is 7.74. The van der Waals surface area contributed by atoms with Crippen molar-refractivity contribution in [2.24, 2.45) is 11.8 Å². The molecule has 0 spiro atoms. The molecule has 1 aliphatic carbocycles. The summed E-state index contributed by atoms with van der Waals surface area (Å²) in [6.07, 6.45) is 5.14. The van der Waals surface area contributed by atoms with Crippen molar-refractivity contribution >= 4 is 5.91 Å². The maximum atomic E-state index is 13.4. The van der Waals surface area contributed by atoms with Gasteiger partial charge in [0.1, 0.15) is 6.29 Å². The van der Waals surface area contributed by atoms with Crippen LogP contribution in [0, 0.1) is 11.8 Å². The molecule has 0 bridgehead atoms. The van der Waals surface area contributed by atoms with E-state index in [0.29, 0.717) is 63.5 Å². The van der Waals surface area contributed by atoms with Gasteiger partial charge in [0.25, 0.3) is 0 Å². The maximum absolute atomic E-state index is 13.4. The van der Waals surface area contributed by atoms with Gasteiger partial charge in [0.15, 0.2) is 0 Å². The number of nitrogens with zero attached hydrogens (tertiary/aromatic N) is 3. The molecular weight excluding hydrogens is 552 g/mol. The molecule has 13 nitrogen and oxygen atoms in total. The van der Waals surface area contributed by atoms with E-state index in [9.17, 15) is 9.90 Å². The number of nitrogens with one attached hydrogen (secondary N) is 5. The fourth-order valence-corrected chi connectivity index (χ4v) is 7.74. The molecule has 5 heterocycles. The molecule has 6 aliphatic rings. The second-order valence-electron chi connectivity index (χ2n) is 13.6. The standard InChI is InChI=1S/C30H56N8O5/c1-2-36-7-9-38(10-8-36)30-34-27(12-28(35-30)33-23-17-41-18-23)29(40)32-13-24(39)16-37-6-5-21-11-25(4-3-22(21)15-37)42-19-26-14-31-20-43-26/h21-28,30-31,33-35,39H,2-20H2,1H3,(H,32,40)/t21?,22?,24-,25?,26?,27?,28?,30?/m0/s1. The van der Waals surface area contributed by atoms with Gasteiger partial charge < -0.3 is 34.4 Å². The number of aliphatic hydroxyl groups excluding tert-OH is 1. The number of ether oxygens (including phenoxy) is 3. The van der Waals surface area contributed by atoms with Gasteiger partial charge in [0.2, 0.25) is 5.91 Å². The number of piperazine rings is 1. The first-order valence-electron chi connectivity index (χ1n) is 17.0. The summed E-state index contributed by atoms with van der Waals surface area (Å²) in [6, 6.07) is 0.000282. The molecule has 6 N–H and O–H groups in total. The summed E-state index contributed by atoms with van der Waals surface area (Å²) >= 11 is 0. The monoisotopic (exact) mass is 608 g/mol. The lowest BCUT2D eigenvalue weighted by Gasteiger charge is -2.46. The molecule has 5 aliphatic heterocycles. The summed E-state index contributed by atoms with van der Waals surface area (Å²) in [5.74, 6) is 1.33. The van der Waals surface area contributed by atoms with Crippen LogP contribution in [0.2, 0.25) is 0 Å². The lowest BCUT2D eigenvalue weighted by Crippen LogP contribution is -2.73. The van der Waals surface area contributed by atoms with Crippen molar-refractivity contribution in [1.29, 1.82) is 0 Å². The number of likely N-dealkylation sites (N-methyl/N-ethyl adjacent to an activating group) is 1. The SMILES string of the molecule is CCN1CCN(C2NC(NC3COC3)CC(C(=O)NC[C@H](O)CN3CCC4CC(OCC5CNCO5)CCC4C3)N2)CC1. The molecule has 8 atom stereocenters. The predicted octanol–water partition coefficient (Wildman–Crippen LogP) is -1.90. The number of carbonyl (C=O) groups is 1. The highest BCUT2D eigenvalue weighted by Crippen LogP contribution is 2.37. The van der Waals surface area contributed by atoms with E-state index >= 15 is 0 Å². The zero-order valence-electron chi connectivity index (χ0n) is 26.1. The summed E-state index contributed by atoms with van der Waals surface area (Å²) < 4.78 is 17.2. The molecule has 13 heteroatoms. The van der Waals surface area contributed by atoms with Crippen molar-refractivity contribution in [2.75, 3.05) is 92.0 Å². The lowest BCUT2D eigenvalue weighted by molar-refractivity contribution is -0.126. The molecule has 246 valence electrons. The molecule has 6 rings (SSSR count). The van der Waals surface area contributed by atoms with Crippen LogP contribution < -0.4 is 26.6 Å². The van der Waals surface area contributed by atoms with Gasteiger partial charge in [0, 0.05) is 58.8 Å². The minimum Gasteiger partial charge on any atom is -0.390 e. The first-order chi connectivity index (χ1) is 21.0. The Morgan fingerprint density at radius 1 is 1.05 bits per heavy atom. The zero-order chi connectivity index (χ0) is 29.6. The highest BCUT2D eigenvalue weighted by molar-refractivity contribution is 5.82. The number of amides is 1. The van der Waals surface area contributed by atoms with E-state index in [1.807, 2.05) is 0 Å². The first-order valence-corrected chi connectivity index (χ1v) is 17.0. The molecule has 1 amide bonds. The third-order valence-electron chi connectivity index (χ3n) is 10.5. The predicted molar refractivity (Wildman–Crippen MR) is 162 cm³/mol. The summed E-state index contributed by atoms with van der Waals surface area (Å²) in [7, 11) is 0. The Hall–Kier alpha value is -0.970. The first kappa shape index (κ1) is 32.0. The van der Waals surface area contributed by atoms with E-state index in [4.69, 9.17) is 14.2 Å². The Labute approximate surface area is 257 Å². The molecule has 1 saturated carbocycles. The maximum Gasteiger partial charge on any atom is 0.237 e. The van der Waals surface area contributed by atoms with Gasteiger partial charge >= 0.3 is 0 Å². The molecule has 7 unspecified atom stereocenters. The third-order valence-corrected chi connectivity index (χ3v) is 10.5. The van der Waals surface area contributed by atoms with E-state index in [-0.39, 0.29) is 37.1 Å². The fraction of sp³-hybridized carbons (Fsp3) is 0.967. The molecule has 43 heavy (non-hydrogen) atoms. The highest BCUT2D eigenvalue weighted by atomic mass is 16.5. The number of carbonyl (C=O) groups excluding carboxylic acids is 1. The van der Waals surface area contributed by atoms with Crippen molar-refractivity contribution in [1.82, 2.24) is 41.3 Å². The number of aliphatic hydroxyl groups is 1. The summed E-state index contributed by atoms with van der Waals surface area (Å²) in [4.78, 5) is 20.6. The molecule has 5 saturated heterocycles. The van der Waals surface area contributed by atoms with Crippen LogP contribution in [0.15, 0.2) is 0 Å². The zero-order valence-corrected chi connectivity index (χ0v) is 26.1. The van der Waals surface area contributed by atoms with Crippen LogP contribution >= 0.6 is 0 Å². The van der Waals surface area contributed by atoms with E-state index in [1.54, 1.807) is 0 Å². The number of hydrogen-bond donors (Lipinski definition) is 6. The second kappa shape index (κ2) is 15.5. The van der Waals surface area contributed by atoms with Crippen LogP contribution in [0.5, 0.6) is 0 Å². The van der Waals surface area contributed by atoms with Crippen LogP contribution in [-0.4, -0.2) is 161 Å².